The highest BCUT2D eigenvalue weighted by Gasteiger charge is 2.36. The van der Waals surface area contributed by atoms with Crippen molar-refractivity contribution in [1.29, 1.82) is 0 Å². The van der Waals surface area contributed by atoms with Gasteiger partial charge in [-0.05, 0) is 39.0 Å². The van der Waals surface area contributed by atoms with E-state index in [-0.39, 0.29) is 35.9 Å². The molecule has 194 valence electrons. The van der Waals surface area contributed by atoms with Crippen molar-refractivity contribution in [2.24, 2.45) is 11.8 Å². The average Bonchev–Trinajstić information content (AvgIpc) is 3.22. The normalized spacial score (nSPS) is 14.5. The number of aliphatic hydroxyl groups excluding tert-OH is 1. The highest BCUT2D eigenvalue weighted by Crippen LogP contribution is 2.28. The van der Waals surface area contributed by atoms with E-state index in [9.17, 15) is 19.5 Å². The van der Waals surface area contributed by atoms with Gasteiger partial charge in [-0.1, -0.05) is 34.6 Å². The molecule has 10 heteroatoms. The third-order valence-electron chi connectivity index (χ3n) is 5.19. The third kappa shape index (κ3) is 8.87. The van der Waals surface area contributed by atoms with Gasteiger partial charge < -0.3 is 24.8 Å². The summed E-state index contributed by atoms with van der Waals surface area (Å²) in [7, 11) is 1.28. The molecular formula is C24H41N3O6S. The van der Waals surface area contributed by atoms with Gasteiger partial charge in [-0.25, -0.2) is 14.6 Å². The first-order chi connectivity index (χ1) is 15.7. The fourth-order valence-electron chi connectivity index (χ4n) is 3.53. The van der Waals surface area contributed by atoms with Crippen molar-refractivity contribution in [1.82, 2.24) is 15.2 Å². The summed E-state index contributed by atoms with van der Waals surface area (Å²) in [6.07, 6.45) is -0.643. The van der Waals surface area contributed by atoms with Crippen LogP contribution in [-0.2, 0) is 14.3 Å². The third-order valence-corrected chi connectivity index (χ3v) is 6.13. The summed E-state index contributed by atoms with van der Waals surface area (Å²) in [5, 5.41) is 15.6. The lowest BCUT2D eigenvalue weighted by atomic mass is 9.93. The molecule has 0 aliphatic carbocycles. The first-order valence-electron chi connectivity index (χ1n) is 11.7. The van der Waals surface area contributed by atoms with Crippen molar-refractivity contribution in [2.45, 2.75) is 92.0 Å². The van der Waals surface area contributed by atoms with Crippen LogP contribution in [0, 0.1) is 11.8 Å². The molecule has 0 saturated heterocycles. The number of carbonyl (C=O) groups is 3. The Morgan fingerprint density at radius 2 is 1.79 bits per heavy atom. The largest absolute Gasteiger partial charge is 0.464 e. The SMILES string of the molecule is CCCN(C(=O)C(NC(=O)OC(C)(C)C)C(C)C)[C@H](C[C@@H](O)c1nc(C(=O)OC)cs1)C(C)C. The number of carbonyl (C=O) groups excluding carboxylic acids is 3. The number of esters is 1. The van der Waals surface area contributed by atoms with Gasteiger partial charge in [-0.15, -0.1) is 11.3 Å². The minimum atomic E-state index is -0.959. The van der Waals surface area contributed by atoms with Crippen LogP contribution in [0.15, 0.2) is 5.38 Å². The fraction of sp³-hybridized carbons (Fsp3) is 0.750. The maximum absolute atomic E-state index is 13.7. The maximum atomic E-state index is 13.7. The zero-order chi connectivity index (χ0) is 26.2. The van der Waals surface area contributed by atoms with Crippen LogP contribution >= 0.6 is 11.3 Å². The lowest BCUT2D eigenvalue weighted by molar-refractivity contribution is -0.138. The van der Waals surface area contributed by atoms with Gasteiger partial charge in [0.25, 0.3) is 0 Å². The van der Waals surface area contributed by atoms with E-state index in [1.165, 1.54) is 18.4 Å². The van der Waals surface area contributed by atoms with E-state index < -0.39 is 29.8 Å². The maximum Gasteiger partial charge on any atom is 0.408 e. The number of methoxy groups -OCH3 is 1. The number of nitrogens with zero attached hydrogens (tertiary/aromatic N) is 2. The molecule has 1 heterocycles. The number of nitrogens with one attached hydrogen (secondary N) is 1. The van der Waals surface area contributed by atoms with E-state index in [0.717, 1.165) is 0 Å². The van der Waals surface area contributed by atoms with E-state index in [1.807, 2.05) is 34.6 Å². The Morgan fingerprint density at radius 1 is 1.18 bits per heavy atom. The van der Waals surface area contributed by atoms with Gasteiger partial charge in [0, 0.05) is 24.4 Å². The number of ether oxygens (including phenoxy) is 2. The molecule has 0 radical (unpaired) electrons. The molecule has 1 rings (SSSR count). The van der Waals surface area contributed by atoms with Gasteiger partial charge in [-0.2, -0.15) is 0 Å². The molecule has 0 saturated carbocycles. The molecule has 1 aromatic heterocycles. The summed E-state index contributed by atoms with van der Waals surface area (Å²) in [6, 6.07) is -1.08. The van der Waals surface area contributed by atoms with Crippen LogP contribution in [-0.4, -0.2) is 64.3 Å². The molecule has 2 amide bonds. The van der Waals surface area contributed by atoms with Crippen LogP contribution in [0.2, 0.25) is 0 Å². The predicted molar refractivity (Wildman–Crippen MR) is 132 cm³/mol. The summed E-state index contributed by atoms with van der Waals surface area (Å²) >= 11 is 1.17. The number of hydrogen-bond donors (Lipinski definition) is 2. The van der Waals surface area contributed by atoms with Crippen molar-refractivity contribution in [3.05, 3.63) is 16.1 Å². The van der Waals surface area contributed by atoms with Crippen molar-refractivity contribution >= 4 is 29.3 Å². The molecule has 0 aromatic carbocycles. The van der Waals surface area contributed by atoms with Crippen LogP contribution in [0.4, 0.5) is 4.79 Å². The molecule has 3 atom stereocenters. The Balaban J connectivity index is 3.14. The minimum Gasteiger partial charge on any atom is -0.464 e. The van der Waals surface area contributed by atoms with Gasteiger partial charge in [0.15, 0.2) is 5.69 Å². The Bertz CT molecular complexity index is 818. The van der Waals surface area contributed by atoms with E-state index in [1.54, 1.807) is 31.1 Å². The Hall–Kier alpha value is -2.20. The van der Waals surface area contributed by atoms with Crippen molar-refractivity contribution in [3.8, 4) is 0 Å². The first kappa shape index (κ1) is 29.8. The average molecular weight is 500 g/mol. The van der Waals surface area contributed by atoms with Crippen molar-refractivity contribution in [3.63, 3.8) is 0 Å². The second-order valence-corrected chi connectivity index (χ2v) is 10.9. The number of amides is 2. The van der Waals surface area contributed by atoms with Gasteiger partial charge in [0.05, 0.1) is 7.11 Å². The van der Waals surface area contributed by atoms with Crippen molar-refractivity contribution in [2.75, 3.05) is 13.7 Å². The minimum absolute atomic E-state index is 0.0273. The Morgan fingerprint density at radius 3 is 2.26 bits per heavy atom. The van der Waals surface area contributed by atoms with Crippen LogP contribution < -0.4 is 5.32 Å². The van der Waals surface area contributed by atoms with Gasteiger partial charge >= 0.3 is 12.1 Å². The van der Waals surface area contributed by atoms with E-state index in [0.29, 0.717) is 18.0 Å². The molecule has 1 aromatic rings. The predicted octanol–water partition coefficient (Wildman–Crippen LogP) is 4.17. The number of rotatable bonds is 11. The van der Waals surface area contributed by atoms with Gasteiger partial charge in [0.1, 0.15) is 22.8 Å². The number of alkyl carbamates (subject to hydrolysis) is 1. The highest BCUT2D eigenvalue weighted by atomic mass is 32.1. The summed E-state index contributed by atoms with van der Waals surface area (Å²) in [5.41, 5.74) is -0.537. The van der Waals surface area contributed by atoms with Gasteiger partial charge in [-0.3, -0.25) is 4.79 Å². The molecule has 9 nitrogen and oxygen atoms in total. The number of aromatic nitrogens is 1. The Kier molecular flexibility index (Phi) is 11.4. The molecule has 0 aliphatic heterocycles. The van der Waals surface area contributed by atoms with E-state index >= 15 is 0 Å². The molecule has 34 heavy (non-hydrogen) atoms. The molecule has 1 unspecified atom stereocenters. The quantitative estimate of drug-likeness (QED) is 0.439. The second kappa shape index (κ2) is 13.0. The van der Waals surface area contributed by atoms with Crippen molar-refractivity contribution < 1.29 is 29.0 Å². The van der Waals surface area contributed by atoms with Gasteiger partial charge in [0.2, 0.25) is 5.91 Å². The number of thiazole rings is 1. The lowest BCUT2D eigenvalue weighted by Crippen LogP contribution is -2.56. The second-order valence-electron chi connectivity index (χ2n) is 10.0. The standard InChI is InChI=1S/C24H41N3O6S/c1-10-11-27(21(29)19(15(4)5)26-23(31)33-24(6,7)8)17(14(2)3)12-18(28)20-25-16(13-34-20)22(30)32-9/h13-15,17-19,28H,10-12H2,1-9H3,(H,26,31)/t17-,18-,19?/m1/s1. The monoisotopic (exact) mass is 499 g/mol. The summed E-state index contributed by atoms with van der Waals surface area (Å²) in [6.45, 7) is 15.5. The summed E-state index contributed by atoms with van der Waals surface area (Å²) in [5.74, 6) is -0.924. The highest BCUT2D eigenvalue weighted by molar-refractivity contribution is 7.09. The molecule has 0 bridgehead atoms. The van der Waals surface area contributed by atoms with Crippen LogP contribution in [0.3, 0.4) is 0 Å². The Labute approximate surface area is 207 Å². The molecule has 0 spiro atoms. The summed E-state index contributed by atoms with van der Waals surface area (Å²) < 4.78 is 10.1. The van der Waals surface area contributed by atoms with E-state index in [2.05, 4.69) is 15.0 Å². The van der Waals surface area contributed by atoms with E-state index in [4.69, 9.17) is 4.74 Å². The molecule has 0 aliphatic rings. The zero-order valence-corrected chi connectivity index (χ0v) is 22.7. The van der Waals surface area contributed by atoms with Crippen LogP contribution in [0.5, 0.6) is 0 Å². The first-order valence-corrected chi connectivity index (χ1v) is 12.6. The van der Waals surface area contributed by atoms with Crippen LogP contribution in [0.1, 0.15) is 89.8 Å². The lowest BCUT2D eigenvalue weighted by Gasteiger charge is -2.38. The van der Waals surface area contributed by atoms with Crippen LogP contribution in [0.25, 0.3) is 0 Å². The number of aliphatic hydroxyl groups is 1. The zero-order valence-electron chi connectivity index (χ0n) is 21.9. The fourth-order valence-corrected chi connectivity index (χ4v) is 4.32. The molecule has 2 N–H and O–H groups in total. The molecule has 0 fully saturated rings. The number of hydrogen-bond acceptors (Lipinski definition) is 8. The smallest absolute Gasteiger partial charge is 0.408 e. The molecular weight excluding hydrogens is 458 g/mol. The summed E-state index contributed by atoms with van der Waals surface area (Å²) in [4.78, 5) is 43.7. The topological polar surface area (TPSA) is 118 Å².